The van der Waals surface area contributed by atoms with Crippen LogP contribution in [0.2, 0.25) is 0 Å². The third kappa shape index (κ3) is 3.10. The molecule has 2 atom stereocenters. The second-order valence-corrected chi connectivity index (χ2v) is 6.26. The van der Waals surface area contributed by atoms with Crippen LogP contribution in [-0.2, 0) is 11.2 Å². The van der Waals surface area contributed by atoms with Gasteiger partial charge in [0.25, 0.3) is 0 Å². The summed E-state index contributed by atoms with van der Waals surface area (Å²) in [5.41, 5.74) is 1.34. The highest BCUT2D eigenvalue weighted by molar-refractivity contribution is 5.37. The van der Waals surface area contributed by atoms with E-state index in [1.807, 2.05) is 6.07 Å². The van der Waals surface area contributed by atoms with Gasteiger partial charge in [-0.3, -0.25) is 0 Å². The van der Waals surface area contributed by atoms with Crippen LogP contribution in [0.1, 0.15) is 32.3 Å². The quantitative estimate of drug-likeness (QED) is 0.907. The maximum atomic E-state index is 5.96. The number of rotatable bonds is 3. The van der Waals surface area contributed by atoms with Crippen molar-refractivity contribution < 1.29 is 9.47 Å². The van der Waals surface area contributed by atoms with E-state index in [0.29, 0.717) is 6.04 Å². The minimum atomic E-state index is 0.00934. The van der Waals surface area contributed by atoms with Crippen molar-refractivity contribution in [2.24, 2.45) is 0 Å². The van der Waals surface area contributed by atoms with E-state index in [2.05, 4.69) is 37.4 Å². The number of fused-ring (bicyclic) bond motifs is 1. The number of hydrogen-bond donors (Lipinski definition) is 1. The summed E-state index contributed by atoms with van der Waals surface area (Å²) in [4.78, 5) is 0. The molecule has 2 heterocycles. The summed E-state index contributed by atoms with van der Waals surface area (Å²) in [6.07, 6.45) is 3.48. The van der Waals surface area contributed by atoms with Crippen LogP contribution in [0, 0.1) is 0 Å². The van der Waals surface area contributed by atoms with Crippen LogP contribution in [-0.4, -0.2) is 30.9 Å². The molecule has 0 bridgehead atoms. The zero-order valence-electron chi connectivity index (χ0n) is 11.8. The Morgan fingerprint density at radius 2 is 2.16 bits per heavy atom. The first-order chi connectivity index (χ1) is 9.12. The highest BCUT2D eigenvalue weighted by Gasteiger charge is 2.30. The Labute approximate surface area is 115 Å². The molecule has 0 aromatic heterocycles. The molecule has 3 nitrogen and oxygen atoms in total. The Morgan fingerprint density at radius 1 is 1.32 bits per heavy atom. The fourth-order valence-electron chi connectivity index (χ4n) is 3.07. The van der Waals surface area contributed by atoms with Gasteiger partial charge in [-0.15, -0.1) is 0 Å². The van der Waals surface area contributed by atoms with E-state index in [0.717, 1.165) is 38.2 Å². The van der Waals surface area contributed by atoms with Crippen molar-refractivity contribution in [2.45, 2.75) is 50.9 Å². The van der Waals surface area contributed by atoms with Crippen molar-refractivity contribution in [3.05, 3.63) is 29.8 Å². The number of benzene rings is 1. The largest absolute Gasteiger partial charge is 0.488 e. The molecule has 0 spiro atoms. The van der Waals surface area contributed by atoms with Crippen molar-refractivity contribution in [1.29, 1.82) is 0 Å². The molecule has 19 heavy (non-hydrogen) atoms. The maximum Gasteiger partial charge on any atom is 0.123 e. The van der Waals surface area contributed by atoms with Crippen LogP contribution in [0.3, 0.4) is 0 Å². The van der Waals surface area contributed by atoms with Crippen LogP contribution in [0.5, 0.6) is 5.75 Å². The number of nitrogens with one attached hydrogen (secondary N) is 1. The SMILES string of the molecule is CC1(C)CC(NCC2Cc3ccccc3O2)CCO1. The molecule has 2 aliphatic rings. The molecule has 0 radical (unpaired) electrons. The summed E-state index contributed by atoms with van der Waals surface area (Å²) in [6.45, 7) is 6.12. The Balaban J connectivity index is 1.49. The van der Waals surface area contributed by atoms with Crippen LogP contribution >= 0.6 is 0 Å². The molecular weight excluding hydrogens is 238 g/mol. The monoisotopic (exact) mass is 261 g/mol. The molecular formula is C16H23NO2. The Morgan fingerprint density at radius 3 is 2.95 bits per heavy atom. The molecule has 1 aromatic rings. The molecule has 3 rings (SSSR count). The molecule has 0 aliphatic carbocycles. The predicted octanol–water partition coefficient (Wildman–Crippen LogP) is 2.54. The molecule has 3 heteroatoms. The van der Waals surface area contributed by atoms with E-state index in [4.69, 9.17) is 9.47 Å². The predicted molar refractivity (Wildman–Crippen MR) is 75.6 cm³/mol. The molecule has 104 valence electrons. The zero-order valence-corrected chi connectivity index (χ0v) is 11.8. The van der Waals surface area contributed by atoms with Gasteiger partial charge >= 0.3 is 0 Å². The third-order valence-corrected chi connectivity index (χ3v) is 4.05. The van der Waals surface area contributed by atoms with Crippen LogP contribution in [0.4, 0.5) is 0 Å². The summed E-state index contributed by atoms with van der Waals surface area (Å²) in [7, 11) is 0. The van der Waals surface area contributed by atoms with Crippen molar-refractivity contribution in [3.8, 4) is 5.75 Å². The standard InChI is InChI=1S/C16H23NO2/c1-16(2)10-13(7-8-18-16)17-11-14-9-12-5-3-4-6-15(12)19-14/h3-6,13-14,17H,7-11H2,1-2H3. The second-order valence-electron chi connectivity index (χ2n) is 6.26. The average molecular weight is 261 g/mol. The van der Waals surface area contributed by atoms with Crippen molar-refractivity contribution in [1.82, 2.24) is 5.32 Å². The van der Waals surface area contributed by atoms with E-state index in [1.54, 1.807) is 0 Å². The minimum absolute atomic E-state index is 0.00934. The first kappa shape index (κ1) is 12.9. The molecule has 1 fully saturated rings. The van der Waals surface area contributed by atoms with Gasteiger partial charge in [-0.25, -0.2) is 0 Å². The lowest BCUT2D eigenvalue weighted by Crippen LogP contribution is -2.46. The average Bonchev–Trinajstić information content (AvgIpc) is 2.78. The second kappa shape index (κ2) is 5.14. The first-order valence-corrected chi connectivity index (χ1v) is 7.24. The van der Waals surface area contributed by atoms with Gasteiger partial charge in [0.05, 0.1) is 5.60 Å². The fraction of sp³-hybridized carbons (Fsp3) is 0.625. The minimum Gasteiger partial charge on any atom is -0.488 e. The summed E-state index contributed by atoms with van der Waals surface area (Å²) in [6, 6.07) is 8.89. The van der Waals surface area contributed by atoms with Crippen LogP contribution in [0.25, 0.3) is 0 Å². The zero-order chi connectivity index (χ0) is 13.3. The molecule has 2 unspecified atom stereocenters. The van der Waals surface area contributed by atoms with Gasteiger partial charge in [-0.2, -0.15) is 0 Å². The summed E-state index contributed by atoms with van der Waals surface area (Å²) in [5.74, 6) is 1.06. The Bertz CT molecular complexity index is 419. The van der Waals surface area contributed by atoms with E-state index < -0.39 is 0 Å². The van der Waals surface area contributed by atoms with Gasteiger partial charge in [-0.05, 0) is 38.3 Å². The summed E-state index contributed by atoms with van der Waals surface area (Å²) < 4.78 is 11.7. The normalized spacial score (nSPS) is 28.7. The number of hydrogen-bond acceptors (Lipinski definition) is 3. The van der Waals surface area contributed by atoms with Gasteiger partial charge in [-0.1, -0.05) is 18.2 Å². The van der Waals surface area contributed by atoms with Gasteiger partial charge < -0.3 is 14.8 Å². The highest BCUT2D eigenvalue weighted by Crippen LogP contribution is 2.28. The molecule has 1 saturated heterocycles. The lowest BCUT2D eigenvalue weighted by molar-refractivity contribution is -0.0635. The topological polar surface area (TPSA) is 30.5 Å². The lowest BCUT2D eigenvalue weighted by atomic mass is 9.94. The molecule has 1 aromatic carbocycles. The van der Waals surface area contributed by atoms with Crippen LogP contribution in [0.15, 0.2) is 24.3 Å². The number of para-hydroxylation sites is 1. The van der Waals surface area contributed by atoms with Gasteiger partial charge in [0.15, 0.2) is 0 Å². The van der Waals surface area contributed by atoms with E-state index in [1.165, 1.54) is 5.56 Å². The van der Waals surface area contributed by atoms with Gasteiger partial charge in [0.1, 0.15) is 11.9 Å². The molecule has 1 N–H and O–H groups in total. The first-order valence-electron chi connectivity index (χ1n) is 7.24. The van der Waals surface area contributed by atoms with Crippen molar-refractivity contribution in [3.63, 3.8) is 0 Å². The number of ether oxygens (including phenoxy) is 2. The molecule has 0 saturated carbocycles. The summed E-state index contributed by atoms with van der Waals surface area (Å²) >= 11 is 0. The lowest BCUT2D eigenvalue weighted by Gasteiger charge is -2.36. The van der Waals surface area contributed by atoms with E-state index >= 15 is 0 Å². The van der Waals surface area contributed by atoms with Crippen molar-refractivity contribution >= 4 is 0 Å². The van der Waals surface area contributed by atoms with E-state index in [9.17, 15) is 0 Å². The van der Waals surface area contributed by atoms with Crippen LogP contribution < -0.4 is 10.1 Å². The Hall–Kier alpha value is -1.06. The Kier molecular flexibility index (Phi) is 3.50. The third-order valence-electron chi connectivity index (χ3n) is 4.05. The summed E-state index contributed by atoms with van der Waals surface area (Å²) in [5, 5.41) is 3.65. The smallest absolute Gasteiger partial charge is 0.123 e. The maximum absolute atomic E-state index is 5.96. The highest BCUT2D eigenvalue weighted by atomic mass is 16.5. The van der Waals surface area contributed by atoms with Gasteiger partial charge in [0.2, 0.25) is 0 Å². The fourth-order valence-corrected chi connectivity index (χ4v) is 3.07. The van der Waals surface area contributed by atoms with Crippen molar-refractivity contribution in [2.75, 3.05) is 13.2 Å². The van der Waals surface area contributed by atoms with E-state index in [-0.39, 0.29) is 11.7 Å². The molecule has 0 amide bonds. The van der Waals surface area contributed by atoms with Gasteiger partial charge in [0, 0.05) is 25.6 Å². The molecule has 2 aliphatic heterocycles.